The van der Waals surface area contributed by atoms with E-state index < -0.39 is 5.97 Å². The Hall–Kier alpha value is -2.19. The third kappa shape index (κ3) is 3.26. The number of hydrogen-bond donors (Lipinski definition) is 1. The molecule has 26 heavy (non-hydrogen) atoms. The van der Waals surface area contributed by atoms with Gasteiger partial charge in [0.2, 0.25) is 0 Å². The zero-order valence-corrected chi connectivity index (χ0v) is 17.2. The first-order valence-electron chi connectivity index (χ1n) is 8.09. The van der Waals surface area contributed by atoms with E-state index >= 15 is 0 Å². The zero-order chi connectivity index (χ0) is 19.2. The van der Waals surface area contributed by atoms with E-state index in [-0.39, 0.29) is 11.3 Å². The lowest BCUT2D eigenvalue weighted by atomic mass is 9.94. The van der Waals surface area contributed by atoms with E-state index in [1.165, 1.54) is 29.8 Å². The van der Waals surface area contributed by atoms with Crippen molar-refractivity contribution in [1.29, 1.82) is 0 Å². The van der Waals surface area contributed by atoms with E-state index in [0.717, 1.165) is 20.8 Å². The fourth-order valence-electron chi connectivity index (χ4n) is 2.60. The first-order valence-corrected chi connectivity index (χ1v) is 9.72. The summed E-state index contributed by atoms with van der Waals surface area (Å²) >= 11 is 2.78. The van der Waals surface area contributed by atoms with Crippen LogP contribution in [0.25, 0.3) is 10.2 Å². The first-order chi connectivity index (χ1) is 12.1. The highest BCUT2D eigenvalue weighted by atomic mass is 32.1. The van der Waals surface area contributed by atoms with Crippen molar-refractivity contribution in [2.45, 2.75) is 33.1 Å². The van der Waals surface area contributed by atoms with Crippen LogP contribution in [0.15, 0.2) is 12.1 Å². The molecule has 0 saturated carbocycles. The number of carbonyl (C=O) groups is 2. The number of aryl methyl sites for hydroxylation is 2. The van der Waals surface area contributed by atoms with Crippen LogP contribution in [0.5, 0.6) is 0 Å². The monoisotopic (exact) mass is 391 g/mol. The number of nitrogens with zero attached hydrogens (tertiary/aromatic N) is 2. The molecule has 3 rings (SSSR count). The summed E-state index contributed by atoms with van der Waals surface area (Å²) in [5, 5.41) is 8.72. The van der Waals surface area contributed by atoms with Gasteiger partial charge in [0.25, 0.3) is 5.91 Å². The van der Waals surface area contributed by atoms with Gasteiger partial charge in [-0.1, -0.05) is 20.8 Å². The van der Waals surface area contributed by atoms with Gasteiger partial charge in [0, 0.05) is 17.3 Å². The molecule has 0 fully saturated rings. The predicted octanol–water partition coefficient (Wildman–Crippen LogP) is 4.34. The maximum Gasteiger partial charge on any atom is 0.340 e. The largest absolute Gasteiger partial charge is 0.465 e. The summed E-state index contributed by atoms with van der Waals surface area (Å²) in [6.07, 6.45) is 0. The Balaban J connectivity index is 1.96. The lowest BCUT2D eigenvalue weighted by Crippen LogP contribution is -2.12. The van der Waals surface area contributed by atoms with E-state index in [9.17, 15) is 9.59 Å². The standard InChI is InChI=1S/C18H21N3O3S2/c1-9-10-7-12(25-16(10)21(5)20-9)14(22)19-15-11(17(23)24-6)8-13(26-15)18(2,3)4/h7-8H,1-6H3,(H,19,22). The average molecular weight is 392 g/mol. The van der Waals surface area contributed by atoms with Crippen molar-refractivity contribution in [2.75, 3.05) is 12.4 Å². The summed E-state index contributed by atoms with van der Waals surface area (Å²) in [5.74, 6) is -0.693. The molecule has 138 valence electrons. The van der Waals surface area contributed by atoms with Crippen molar-refractivity contribution < 1.29 is 14.3 Å². The minimum absolute atomic E-state index is 0.128. The van der Waals surface area contributed by atoms with Crippen molar-refractivity contribution in [3.05, 3.63) is 33.1 Å². The van der Waals surface area contributed by atoms with Gasteiger partial charge in [-0.3, -0.25) is 9.48 Å². The average Bonchev–Trinajstić information content (AvgIpc) is 3.23. The molecule has 0 radical (unpaired) electrons. The number of hydrogen-bond acceptors (Lipinski definition) is 6. The minimum atomic E-state index is -0.455. The Labute approximate surface area is 159 Å². The highest BCUT2D eigenvalue weighted by molar-refractivity contribution is 7.21. The van der Waals surface area contributed by atoms with E-state index in [0.29, 0.717) is 15.4 Å². The maximum atomic E-state index is 12.8. The molecule has 0 spiro atoms. The molecule has 3 aromatic heterocycles. The molecule has 0 aromatic carbocycles. The minimum Gasteiger partial charge on any atom is -0.465 e. The molecule has 0 atom stereocenters. The molecule has 0 aliphatic rings. The number of esters is 1. The quantitative estimate of drug-likeness (QED) is 0.674. The normalized spacial score (nSPS) is 11.8. The summed E-state index contributed by atoms with van der Waals surface area (Å²) in [6, 6.07) is 3.64. The summed E-state index contributed by atoms with van der Waals surface area (Å²) < 4.78 is 6.64. The molecule has 0 aliphatic heterocycles. The summed E-state index contributed by atoms with van der Waals surface area (Å²) in [4.78, 5) is 27.4. The predicted molar refractivity (Wildman–Crippen MR) is 106 cm³/mol. The summed E-state index contributed by atoms with van der Waals surface area (Å²) in [6.45, 7) is 8.11. The number of thiophene rings is 2. The van der Waals surface area contributed by atoms with Crippen molar-refractivity contribution in [1.82, 2.24) is 9.78 Å². The van der Waals surface area contributed by atoms with Crippen LogP contribution in [0.1, 0.15) is 51.4 Å². The Morgan fingerprint density at radius 3 is 2.50 bits per heavy atom. The lowest BCUT2D eigenvalue weighted by molar-refractivity contribution is 0.0602. The van der Waals surface area contributed by atoms with Gasteiger partial charge in [0.05, 0.1) is 23.2 Å². The van der Waals surface area contributed by atoms with E-state index in [2.05, 4.69) is 31.2 Å². The smallest absolute Gasteiger partial charge is 0.340 e. The van der Waals surface area contributed by atoms with Gasteiger partial charge < -0.3 is 10.1 Å². The molecule has 0 unspecified atom stereocenters. The molecule has 3 heterocycles. The molecule has 8 heteroatoms. The van der Waals surface area contributed by atoms with Crippen LogP contribution in [0.4, 0.5) is 5.00 Å². The number of methoxy groups -OCH3 is 1. The molecule has 0 saturated heterocycles. The highest BCUT2D eigenvalue weighted by Gasteiger charge is 2.25. The molecular weight excluding hydrogens is 370 g/mol. The Morgan fingerprint density at radius 1 is 1.23 bits per heavy atom. The molecule has 6 nitrogen and oxygen atoms in total. The fourth-order valence-corrected chi connectivity index (χ4v) is 4.71. The van der Waals surface area contributed by atoms with Crippen LogP contribution in [0.2, 0.25) is 0 Å². The third-order valence-electron chi connectivity index (χ3n) is 4.02. The summed E-state index contributed by atoms with van der Waals surface area (Å²) in [7, 11) is 3.20. The Kier molecular flexibility index (Phi) is 4.66. The van der Waals surface area contributed by atoms with Crippen LogP contribution in [-0.2, 0) is 17.2 Å². The van der Waals surface area contributed by atoms with Crippen molar-refractivity contribution >= 4 is 49.8 Å². The number of carbonyl (C=O) groups excluding carboxylic acids is 2. The fraction of sp³-hybridized carbons (Fsp3) is 0.389. The molecule has 3 aromatic rings. The van der Waals surface area contributed by atoms with Gasteiger partial charge in [-0.2, -0.15) is 5.10 Å². The number of amides is 1. The van der Waals surface area contributed by atoms with E-state index in [1.807, 2.05) is 20.0 Å². The third-order valence-corrected chi connectivity index (χ3v) is 6.70. The van der Waals surface area contributed by atoms with Crippen LogP contribution in [0.3, 0.4) is 0 Å². The van der Waals surface area contributed by atoms with Gasteiger partial charge in [-0.05, 0) is 24.5 Å². The number of aromatic nitrogens is 2. The second-order valence-electron chi connectivity index (χ2n) is 7.09. The Bertz CT molecular complexity index is 971. The van der Waals surface area contributed by atoms with Gasteiger partial charge in [0.15, 0.2) is 0 Å². The number of ether oxygens (including phenoxy) is 1. The number of nitrogens with one attached hydrogen (secondary N) is 1. The first kappa shape index (κ1) is 18.6. The molecule has 0 bridgehead atoms. The van der Waals surface area contributed by atoms with Crippen molar-refractivity contribution in [3.8, 4) is 0 Å². The lowest BCUT2D eigenvalue weighted by Gasteiger charge is -2.15. The van der Waals surface area contributed by atoms with E-state index in [4.69, 9.17) is 4.74 Å². The van der Waals surface area contributed by atoms with Crippen LogP contribution in [-0.4, -0.2) is 28.8 Å². The second-order valence-corrected chi connectivity index (χ2v) is 9.17. The SMILES string of the molecule is COC(=O)c1cc(C(C)(C)C)sc1NC(=O)c1cc2c(C)nn(C)c2s1. The van der Waals surface area contributed by atoms with Crippen LogP contribution >= 0.6 is 22.7 Å². The van der Waals surface area contributed by atoms with Gasteiger partial charge >= 0.3 is 5.97 Å². The van der Waals surface area contributed by atoms with Crippen LogP contribution in [0, 0.1) is 6.92 Å². The maximum absolute atomic E-state index is 12.8. The molecule has 1 N–H and O–H groups in total. The van der Waals surface area contributed by atoms with Gasteiger partial charge in [-0.15, -0.1) is 22.7 Å². The number of fused-ring (bicyclic) bond motifs is 1. The van der Waals surface area contributed by atoms with Crippen molar-refractivity contribution in [2.24, 2.45) is 7.05 Å². The van der Waals surface area contributed by atoms with E-state index in [1.54, 1.807) is 10.7 Å². The van der Waals surface area contributed by atoms with Gasteiger partial charge in [0.1, 0.15) is 9.83 Å². The number of rotatable bonds is 3. The second kappa shape index (κ2) is 6.51. The Morgan fingerprint density at radius 2 is 1.92 bits per heavy atom. The molecular formula is C18H21N3O3S2. The van der Waals surface area contributed by atoms with Crippen LogP contribution < -0.4 is 5.32 Å². The topological polar surface area (TPSA) is 73.2 Å². The number of anilines is 1. The summed E-state index contributed by atoms with van der Waals surface area (Å²) in [5.41, 5.74) is 1.14. The molecule has 0 aliphatic carbocycles. The van der Waals surface area contributed by atoms with Crippen molar-refractivity contribution in [3.63, 3.8) is 0 Å². The highest BCUT2D eigenvalue weighted by Crippen LogP contribution is 2.37. The molecule has 1 amide bonds. The van der Waals surface area contributed by atoms with Gasteiger partial charge in [-0.25, -0.2) is 4.79 Å². The zero-order valence-electron chi connectivity index (χ0n) is 15.6.